The summed E-state index contributed by atoms with van der Waals surface area (Å²) in [5.74, 6) is 0.221. The number of hydrogen-bond donors (Lipinski definition) is 2. The molecule has 0 bridgehead atoms. The van der Waals surface area contributed by atoms with Gasteiger partial charge in [-0.2, -0.15) is 0 Å². The van der Waals surface area contributed by atoms with E-state index in [2.05, 4.69) is 5.32 Å². The highest BCUT2D eigenvalue weighted by atomic mass is 35.5. The lowest BCUT2D eigenvalue weighted by atomic mass is 10.0. The van der Waals surface area contributed by atoms with E-state index < -0.39 is 6.04 Å². The van der Waals surface area contributed by atoms with E-state index in [1.807, 2.05) is 66.7 Å². The lowest BCUT2D eigenvalue weighted by Gasteiger charge is -2.31. The minimum absolute atomic E-state index is 0.117. The molecule has 3 aromatic carbocycles. The van der Waals surface area contributed by atoms with Crippen LogP contribution >= 0.6 is 11.6 Å². The molecular formula is C27H29ClN2O4. The van der Waals surface area contributed by atoms with Gasteiger partial charge < -0.3 is 20.1 Å². The third-order valence-electron chi connectivity index (χ3n) is 5.46. The molecule has 0 aliphatic rings. The number of benzene rings is 3. The molecule has 0 aliphatic carbocycles. The van der Waals surface area contributed by atoms with Crippen LogP contribution < -0.4 is 10.1 Å². The summed E-state index contributed by atoms with van der Waals surface area (Å²) in [6, 6.07) is 23.4. The average molecular weight is 481 g/mol. The molecule has 178 valence electrons. The Kier molecular flexibility index (Phi) is 9.50. The monoisotopic (exact) mass is 480 g/mol. The molecule has 34 heavy (non-hydrogen) atoms. The van der Waals surface area contributed by atoms with Crippen LogP contribution in [0.5, 0.6) is 5.75 Å². The number of amides is 2. The van der Waals surface area contributed by atoms with Crippen molar-refractivity contribution in [3.05, 3.63) is 101 Å². The molecule has 2 amide bonds. The van der Waals surface area contributed by atoms with Crippen LogP contribution in [0.1, 0.15) is 16.7 Å². The zero-order valence-electron chi connectivity index (χ0n) is 19.1. The first-order chi connectivity index (χ1) is 16.5. The molecule has 0 radical (unpaired) electrons. The summed E-state index contributed by atoms with van der Waals surface area (Å²) in [5, 5.41) is 12.6. The molecule has 0 heterocycles. The predicted molar refractivity (Wildman–Crippen MR) is 133 cm³/mol. The first kappa shape index (κ1) is 25.3. The smallest absolute Gasteiger partial charge is 0.243 e. The number of ether oxygens (including phenoxy) is 1. The Bertz CT molecular complexity index is 1060. The fourth-order valence-corrected chi connectivity index (χ4v) is 3.78. The topological polar surface area (TPSA) is 78.9 Å². The first-order valence-electron chi connectivity index (χ1n) is 11.1. The molecule has 1 atom stereocenters. The Morgan fingerprint density at radius 2 is 1.59 bits per heavy atom. The van der Waals surface area contributed by atoms with Crippen LogP contribution in [-0.4, -0.2) is 48.1 Å². The minimum atomic E-state index is -0.754. The zero-order valence-corrected chi connectivity index (χ0v) is 19.9. The molecule has 6 nitrogen and oxygen atoms in total. The predicted octanol–water partition coefficient (Wildman–Crippen LogP) is 3.64. The Balaban J connectivity index is 1.93. The second kappa shape index (κ2) is 12.8. The van der Waals surface area contributed by atoms with Crippen molar-refractivity contribution in [2.45, 2.75) is 25.4 Å². The van der Waals surface area contributed by atoms with Gasteiger partial charge in [0, 0.05) is 24.5 Å². The summed E-state index contributed by atoms with van der Waals surface area (Å²) in [6.45, 7) is 0.188. The largest absolute Gasteiger partial charge is 0.497 e. The van der Waals surface area contributed by atoms with Gasteiger partial charge in [0.2, 0.25) is 11.8 Å². The Hall–Kier alpha value is -3.35. The van der Waals surface area contributed by atoms with Crippen LogP contribution in [0.4, 0.5) is 0 Å². The van der Waals surface area contributed by atoms with Crippen molar-refractivity contribution in [2.24, 2.45) is 0 Å². The highest BCUT2D eigenvalue weighted by Gasteiger charge is 2.30. The fourth-order valence-electron chi connectivity index (χ4n) is 3.66. The molecule has 1 unspecified atom stereocenters. The standard InChI is InChI=1S/C27H29ClN2O4/c1-34-24-13-9-22(10-14-24)19-30(26(32)18-21-7-11-23(28)12-8-21)25(27(33)29-15-16-31)17-20-5-3-2-4-6-20/h2-14,25,31H,15-19H2,1H3,(H,29,33). The molecular weight excluding hydrogens is 452 g/mol. The number of nitrogens with zero attached hydrogens (tertiary/aromatic N) is 1. The quantitative estimate of drug-likeness (QED) is 0.439. The van der Waals surface area contributed by atoms with E-state index in [0.717, 1.165) is 16.7 Å². The van der Waals surface area contributed by atoms with Gasteiger partial charge in [-0.25, -0.2) is 0 Å². The molecule has 0 aliphatic heterocycles. The number of carbonyl (C=O) groups is 2. The van der Waals surface area contributed by atoms with Crippen molar-refractivity contribution < 1.29 is 19.4 Å². The van der Waals surface area contributed by atoms with E-state index in [4.69, 9.17) is 16.3 Å². The second-order valence-corrected chi connectivity index (χ2v) is 8.33. The van der Waals surface area contributed by atoms with Crippen molar-refractivity contribution in [1.29, 1.82) is 0 Å². The zero-order chi connectivity index (χ0) is 24.3. The number of halogens is 1. The number of aliphatic hydroxyl groups excluding tert-OH is 1. The van der Waals surface area contributed by atoms with Gasteiger partial charge in [0.25, 0.3) is 0 Å². The van der Waals surface area contributed by atoms with Crippen molar-refractivity contribution in [3.8, 4) is 5.75 Å². The van der Waals surface area contributed by atoms with Crippen LogP contribution in [-0.2, 0) is 29.0 Å². The number of aliphatic hydroxyl groups is 1. The number of carbonyl (C=O) groups excluding carboxylic acids is 2. The lowest BCUT2D eigenvalue weighted by molar-refractivity contribution is -0.140. The van der Waals surface area contributed by atoms with Gasteiger partial charge in [-0.3, -0.25) is 9.59 Å². The van der Waals surface area contributed by atoms with Gasteiger partial charge >= 0.3 is 0 Å². The molecule has 0 fully saturated rings. The normalized spacial score (nSPS) is 11.5. The molecule has 0 saturated carbocycles. The maximum absolute atomic E-state index is 13.6. The molecule has 2 N–H and O–H groups in total. The highest BCUT2D eigenvalue weighted by Crippen LogP contribution is 2.19. The van der Waals surface area contributed by atoms with Crippen LogP contribution in [0.25, 0.3) is 0 Å². The third kappa shape index (κ3) is 7.33. The van der Waals surface area contributed by atoms with Gasteiger partial charge in [0.15, 0.2) is 0 Å². The highest BCUT2D eigenvalue weighted by molar-refractivity contribution is 6.30. The van der Waals surface area contributed by atoms with Crippen molar-refractivity contribution in [1.82, 2.24) is 10.2 Å². The van der Waals surface area contributed by atoms with Crippen molar-refractivity contribution in [3.63, 3.8) is 0 Å². The number of methoxy groups -OCH3 is 1. The molecule has 0 spiro atoms. The molecule has 0 aromatic heterocycles. The first-order valence-corrected chi connectivity index (χ1v) is 11.5. The summed E-state index contributed by atoms with van der Waals surface area (Å²) >= 11 is 5.99. The summed E-state index contributed by atoms with van der Waals surface area (Å²) in [4.78, 5) is 28.4. The molecule has 3 aromatic rings. The number of rotatable bonds is 11. The Morgan fingerprint density at radius 3 is 2.21 bits per heavy atom. The Morgan fingerprint density at radius 1 is 0.941 bits per heavy atom. The van der Waals surface area contributed by atoms with Gasteiger partial charge in [0.1, 0.15) is 11.8 Å². The molecule has 3 rings (SSSR count). The van der Waals surface area contributed by atoms with Crippen LogP contribution in [0.3, 0.4) is 0 Å². The maximum Gasteiger partial charge on any atom is 0.243 e. The van der Waals surface area contributed by atoms with Crippen LogP contribution in [0.2, 0.25) is 5.02 Å². The van der Waals surface area contributed by atoms with Gasteiger partial charge in [-0.05, 0) is 41.0 Å². The van der Waals surface area contributed by atoms with E-state index in [1.165, 1.54) is 0 Å². The van der Waals surface area contributed by atoms with Gasteiger partial charge in [0.05, 0.1) is 20.1 Å². The molecule has 7 heteroatoms. The summed E-state index contributed by atoms with van der Waals surface area (Å²) in [7, 11) is 1.60. The summed E-state index contributed by atoms with van der Waals surface area (Å²) in [5.41, 5.74) is 2.62. The van der Waals surface area contributed by atoms with Crippen LogP contribution in [0, 0.1) is 0 Å². The maximum atomic E-state index is 13.6. The molecule has 0 saturated heterocycles. The third-order valence-corrected chi connectivity index (χ3v) is 5.71. The van der Waals surface area contributed by atoms with E-state index in [-0.39, 0.29) is 37.9 Å². The number of nitrogens with one attached hydrogen (secondary N) is 1. The fraction of sp³-hybridized carbons (Fsp3) is 0.259. The van der Waals surface area contributed by atoms with Gasteiger partial charge in [-0.1, -0.05) is 66.2 Å². The Labute approximate surface area is 205 Å². The summed E-state index contributed by atoms with van der Waals surface area (Å²) in [6.07, 6.45) is 0.479. The van der Waals surface area contributed by atoms with E-state index >= 15 is 0 Å². The average Bonchev–Trinajstić information content (AvgIpc) is 2.87. The van der Waals surface area contributed by atoms with Crippen LogP contribution in [0.15, 0.2) is 78.9 Å². The number of hydrogen-bond acceptors (Lipinski definition) is 4. The lowest BCUT2D eigenvalue weighted by Crippen LogP contribution is -2.51. The van der Waals surface area contributed by atoms with E-state index in [1.54, 1.807) is 24.1 Å². The van der Waals surface area contributed by atoms with E-state index in [0.29, 0.717) is 17.2 Å². The second-order valence-electron chi connectivity index (χ2n) is 7.89. The van der Waals surface area contributed by atoms with Crippen molar-refractivity contribution in [2.75, 3.05) is 20.3 Å². The SMILES string of the molecule is COc1ccc(CN(C(=O)Cc2ccc(Cl)cc2)C(Cc2ccccc2)C(=O)NCCO)cc1. The summed E-state index contributed by atoms with van der Waals surface area (Å²) < 4.78 is 5.24. The minimum Gasteiger partial charge on any atom is -0.497 e. The van der Waals surface area contributed by atoms with Gasteiger partial charge in [-0.15, -0.1) is 0 Å². The van der Waals surface area contributed by atoms with Crippen molar-refractivity contribution >= 4 is 23.4 Å². The van der Waals surface area contributed by atoms with E-state index in [9.17, 15) is 14.7 Å².